The number of nitrogens with one attached hydrogen (secondary N) is 2. The number of fused-ring (bicyclic) bond motifs is 1. The molecule has 1 aromatic heterocycles. The first-order chi connectivity index (χ1) is 18.2. The molecule has 8 nitrogen and oxygen atoms in total. The topological polar surface area (TPSA) is 82.6 Å². The van der Waals surface area contributed by atoms with Crippen LogP contribution in [-0.2, 0) is 16.1 Å². The lowest BCUT2D eigenvalue weighted by atomic mass is 9.89. The lowest BCUT2D eigenvalue weighted by Gasteiger charge is -2.38. The Kier molecular flexibility index (Phi) is 6.91. The quantitative estimate of drug-likeness (QED) is 0.518. The van der Waals surface area contributed by atoms with Crippen molar-refractivity contribution in [3.05, 3.63) is 52.9 Å². The maximum atomic E-state index is 13.0. The zero-order chi connectivity index (χ0) is 25.2. The van der Waals surface area contributed by atoms with E-state index in [0.29, 0.717) is 25.6 Å². The number of aromatic nitrogens is 2. The average molecular weight is 504 g/mol. The summed E-state index contributed by atoms with van der Waals surface area (Å²) in [5, 5.41) is 3.58. The van der Waals surface area contributed by atoms with Crippen molar-refractivity contribution >= 4 is 34.0 Å². The lowest BCUT2D eigenvalue weighted by molar-refractivity contribution is -0.141. The number of anilines is 3. The van der Waals surface area contributed by atoms with Crippen LogP contribution >= 0.6 is 0 Å². The van der Waals surface area contributed by atoms with Crippen molar-refractivity contribution in [2.75, 3.05) is 43.0 Å². The monoisotopic (exact) mass is 503 g/mol. The van der Waals surface area contributed by atoms with Gasteiger partial charge < -0.3 is 24.8 Å². The largest absolute Gasteiger partial charge is 0.368 e. The number of carbonyl (C=O) groups is 1. The third-order valence-electron chi connectivity index (χ3n) is 8.25. The molecule has 1 saturated carbocycles. The third-order valence-corrected chi connectivity index (χ3v) is 8.25. The number of nitrogens with zero attached hydrogens (tertiary/aromatic N) is 3. The average Bonchev–Trinajstić information content (AvgIpc) is 3.58. The Hall–Kier alpha value is -3.26. The number of amides is 1. The summed E-state index contributed by atoms with van der Waals surface area (Å²) in [6.07, 6.45) is 7.73. The minimum atomic E-state index is -0.271. The number of para-hydroxylation sites is 1. The van der Waals surface area contributed by atoms with Crippen molar-refractivity contribution in [3.8, 4) is 0 Å². The van der Waals surface area contributed by atoms with E-state index < -0.39 is 0 Å². The number of carbonyl (C=O) groups excluding carboxylic acids is 1. The van der Waals surface area contributed by atoms with Crippen LogP contribution < -0.4 is 15.9 Å². The van der Waals surface area contributed by atoms with Crippen LogP contribution in [0.15, 0.2) is 47.3 Å². The zero-order valence-corrected chi connectivity index (χ0v) is 21.5. The maximum Gasteiger partial charge on any atom is 0.326 e. The van der Waals surface area contributed by atoms with Crippen LogP contribution in [0.4, 0.5) is 17.1 Å². The highest BCUT2D eigenvalue weighted by Gasteiger charge is 2.31. The predicted octanol–water partition coefficient (Wildman–Crippen LogP) is 4.48. The molecule has 196 valence electrons. The lowest BCUT2D eigenvalue weighted by Crippen LogP contribution is -2.51. The van der Waals surface area contributed by atoms with Gasteiger partial charge in [-0.05, 0) is 55.9 Å². The number of ether oxygens (including phenoxy) is 1. The molecule has 3 aliphatic rings. The Morgan fingerprint density at radius 3 is 2.49 bits per heavy atom. The molecule has 0 radical (unpaired) electrons. The molecule has 0 spiro atoms. The van der Waals surface area contributed by atoms with Crippen molar-refractivity contribution < 1.29 is 9.53 Å². The van der Waals surface area contributed by atoms with Gasteiger partial charge in [0.2, 0.25) is 0 Å². The van der Waals surface area contributed by atoms with Gasteiger partial charge in [-0.2, -0.15) is 0 Å². The first kappa shape index (κ1) is 24.1. The van der Waals surface area contributed by atoms with Crippen molar-refractivity contribution in [1.29, 1.82) is 0 Å². The van der Waals surface area contributed by atoms with Crippen LogP contribution in [0.3, 0.4) is 0 Å². The molecule has 1 aliphatic carbocycles. The van der Waals surface area contributed by atoms with Gasteiger partial charge in [0.15, 0.2) is 0 Å². The van der Waals surface area contributed by atoms with E-state index in [4.69, 9.17) is 4.74 Å². The fraction of sp³-hybridized carbons (Fsp3) is 0.517. The summed E-state index contributed by atoms with van der Waals surface area (Å²) in [5.74, 6) is 0.686. The van der Waals surface area contributed by atoms with E-state index in [9.17, 15) is 9.59 Å². The first-order valence-electron chi connectivity index (χ1n) is 13.9. The van der Waals surface area contributed by atoms with Gasteiger partial charge in [0.25, 0.3) is 5.91 Å². The molecule has 2 aliphatic heterocycles. The molecular formula is C29H37N5O3. The van der Waals surface area contributed by atoms with Gasteiger partial charge in [0, 0.05) is 45.0 Å². The van der Waals surface area contributed by atoms with Crippen molar-refractivity contribution in [2.24, 2.45) is 5.92 Å². The summed E-state index contributed by atoms with van der Waals surface area (Å²) < 4.78 is 7.58. The highest BCUT2D eigenvalue weighted by molar-refractivity contribution is 5.90. The fourth-order valence-electron chi connectivity index (χ4n) is 6.18. The summed E-state index contributed by atoms with van der Waals surface area (Å²) in [4.78, 5) is 33.3. The van der Waals surface area contributed by atoms with Crippen molar-refractivity contribution in [2.45, 2.75) is 57.6 Å². The van der Waals surface area contributed by atoms with Gasteiger partial charge in [-0.25, -0.2) is 4.79 Å². The molecule has 0 bridgehead atoms. The molecule has 1 amide bonds. The smallest absolute Gasteiger partial charge is 0.326 e. The van der Waals surface area contributed by atoms with Crippen LogP contribution in [0, 0.1) is 5.92 Å². The fourth-order valence-corrected chi connectivity index (χ4v) is 6.18. The van der Waals surface area contributed by atoms with E-state index >= 15 is 0 Å². The number of piperazine rings is 1. The Morgan fingerprint density at radius 2 is 1.76 bits per heavy atom. The molecule has 37 heavy (non-hydrogen) atoms. The van der Waals surface area contributed by atoms with E-state index in [0.717, 1.165) is 60.6 Å². The highest BCUT2D eigenvalue weighted by Crippen LogP contribution is 2.34. The van der Waals surface area contributed by atoms with Crippen LogP contribution in [0.1, 0.15) is 44.9 Å². The van der Waals surface area contributed by atoms with Crippen molar-refractivity contribution in [1.82, 2.24) is 14.5 Å². The number of hydrogen-bond acceptors (Lipinski definition) is 5. The van der Waals surface area contributed by atoms with E-state index in [1.165, 1.54) is 32.1 Å². The molecule has 3 aromatic rings. The Labute approximate surface area is 217 Å². The standard InChI is InChI=1S/C29H37N5O3/c35-28(27-12-7-17-37-27)33-15-13-32(14-16-33)25-19-26-24(18-23(25)30-22-10-5-2-6-11-22)31-29(36)34(26)20-21-8-3-1-4-9-21/h2,5-6,10-11,18-19,21,27,30H,1,3-4,7-9,12-17,20H2,(H,31,36). The third kappa shape index (κ3) is 5.12. The molecule has 8 heteroatoms. The molecule has 2 saturated heterocycles. The first-order valence-corrected chi connectivity index (χ1v) is 13.9. The molecule has 2 N–H and O–H groups in total. The Bertz CT molecular complexity index is 1280. The predicted molar refractivity (Wildman–Crippen MR) is 147 cm³/mol. The number of benzene rings is 2. The molecule has 2 aromatic carbocycles. The second kappa shape index (κ2) is 10.6. The van der Waals surface area contributed by atoms with Gasteiger partial charge in [-0.1, -0.05) is 37.5 Å². The molecular weight excluding hydrogens is 466 g/mol. The summed E-state index contributed by atoms with van der Waals surface area (Å²) in [6, 6.07) is 14.4. The number of imidazole rings is 1. The SMILES string of the molecule is O=C(C1CCCO1)N1CCN(c2cc3c(cc2Nc2ccccc2)[nH]c(=O)n3CC2CCCCC2)CC1. The molecule has 1 atom stereocenters. The minimum absolute atomic E-state index is 0.0321. The van der Waals surface area contributed by atoms with Crippen LogP contribution in [0.25, 0.3) is 11.0 Å². The van der Waals surface area contributed by atoms with Crippen LogP contribution in [0.2, 0.25) is 0 Å². The normalized spacial score (nSPS) is 21.0. The molecule has 3 fully saturated rings. The van der Waals surface area contributed by atoms with E-state index in [1.54, 1.807) is 0 Å². The van der Waals surface area contributed by atoms with Gasteiger partial charge in [-0.3, -0.25) is 9.36 Å². The summed E-state index contributed by atoms with van der Waals surface area (Å²) in [7, 11) is 0. The number of aromatic amines is 1. The number of rotatable bonds is 6. The van der Waals surface area contributed by atoms with E-state index in [-0.39, 0.29) is 17.7 Å². The summed E-state index contributed by atoms with van der Waals surface area (Å²) >= 11 is 0. The minimum Gasteiger partial charge on any atom is -0.368 e. The van der Waals surface area contributed by atoms with Crippen LogP contribution in [-0.4, -0.2) is 59.2 Å². The van der Waals surface area contributed by atoms with E-state index in [2.05, 4.69) is 27.3 Å². The summed E-state index contributed by atoms with van der Waals surface area (Å²) in [5.41, 5.74) is 4.81. The van der Waals surface area contributed by atoms with E-state index in [1.807, 2.05) is 39.8 Å². The number of H-pyrrole nitrogens is 1. The maximum absolute atomic E-state index is 13.0. The summed E-state index contributed by atoms with van der Waals surface area (Å²) in [6.45, 7) is 4.28. The van der Waals surface area contributed by atoms with Gasteiger partial charge >= 0.3 is 5.69 Å². The molecule has 3 heterocycles. The second-order valence-corrected chi connectivity index (χ2v) is 10.7. The van der Waals surface area contributed by atoms with Gasteiger partial charge in [0.05, 0.1) is 22.4 Å². The Morgan fingerprint density at radius 1 is 0.973 bits per heavy atom. The van der Waals surface area contributed by atoms with Gasteiger partial charge in [-0.15, -0.1) is 0 Å². The zero-order valence-electron chi connectivity index (χ0n) is 21.5. The molecule has 6 rings (SSSR count). The van der Waals surface area contributed by atoms with Crippen molar-refractivity contribution in [3.63, 3.8) is 0 Å². The van der Waals surface area contributed by atoms with Crippen LogP contribution in [0.5, 0.6) is 0 Å². The molecule has 1 unspecified atom stereocenters. The second-order valence-electron chi connectivity index (χ2n) is 10.7. The van der Waals surface area contributed by atoms with Gasteiger partial charge in [0.1, 0.15) is 6.10 Å². The number of hydrogen-bond donors (Lipinski definition) is 2. The highest BCUT2D eigenvalue weighted by atomic mass is 16.5. The Balaban J connectivity index is 1.30.